The molecule has 3 aliphatic rings. The Hall–Kier alpha value is -3.99. The van der Waals surface area contributed by atoms with Crippen LogP contribution >= 0.6 is 11.3 Å². The van der Waals surface area contributed by atoms with Crippen molar-refractivity contribution in [2.45, 2.75) is 57.9 Å². The highest BCUT2D eigenvalue weighted by Gasteiger charge is 2.48. The van der Waals surface area contributed by atoms with Crippen LogP contribution in [0.5, 0.6) is 0 Å². The van der Waals surface area contributed by atoms with E-state index in [1.807, 2.05) is 11.0 Å². The lowest BCUT2D eigenvalue weighted by Gasteiger charge is -2.47. The molecular weight excluding hydrogens is 638 g/mol. The molecule has 252 valence electrons. The monoisotopic (exact) mass is 676 g/mol. The Morgan fingerprint density at radius 2 is 1.92 bits per heavy atom. The Labute approximate surface area is 281 Å². The van der Waals surface area contributed by atoms with Crippen LogP contribution < -0.4 is 5.32 Å². The Balaban J connectivity index is 0.955. The molecule has 1 amide bonds. The van der Waals surface area contributed by atoms with Crippen molar-refractivity contribution in [2.75, 3.05) is 51.1 Å². The first-order chi connectivity index (χ1) is 23.0. The van der Waals surface area contributed by atoms with E-state index in [-0.39, 0.29) is 22.2 Å². The van der Waals surface area contributed by atoms with Gasteiger partial charge in [0, 0.05) is 79.6 Å². The fourth-order valence-corrected chi connectivity index (χ4v) is 8.79. The van der Waals surface area contributed by atoms with Gasteiger partial charge in [-0.2, -0.15) is 18.4 Å². The molecule has 6 heterocycles. The number of amides is 1. The van der Waals surface area contributed by atoms with Crippen molar-refractivity contribution >= 4 is 44.2 Å². The van der Waals surface area contributed by atoms with Crippen molar-refractivity contribution in [3.63, 3.8) is 0 Å². The number of anilines is 1. The number of halogens is 3. The molecule has 3 aromatic heterocycles. The van der Waals surface area contributed by atoms with Crippen molar-refractivity contribution in [1.82, 2.24) is 29.2 Å². The molecular formula is C35H39F3N8OS. The number of likely N-dealkylation sites (tertiary alicyclic amines) is 3. The lowest BCUT2D eigenvalue weighted by Crippen LogP contribution is -2.59. The van der Waals surface area contributed by atoms with E-state index in [0.717, 1.165) is 100 Å². The molecule has 13 heteroatoms. The highest BCUT2D eigenvalue weighted by Crippen LogP contribution is 2.40. The number of piperidine rings is 1. The van der Waals surface area contributed by atoms with Crippen LogP contribution in [0.3, 0.4) is 0 Å². The van der Waals surface area contributed by atoms with Crippen molar-refractivity contribution in [2.24, 2.45) is 5.41 Å². The number of hydrogen-bond donors (Lipinski definition) is 1. The number of aromatic nitrogens is 3. The summed E-state index contributed by atoms with van der Waals surface area (Å²) in [4.78, 5) is 28.0. The molecule has 1 N–H and O–H groups in total. The summed E-state index contributed by atoms with van der Waals surface area (Å²) in [6, 6.07) is 10.5. The first-order valence-corrected chi connectivity index (χ1v) is 17.3. The smallest absolute Gasteiger partial charge is 0.367 e. The molecule has 3 aliphatic heterocycles. The van der Waals surface area contributed by atoms with E-state index >= 15 is 0 Å². The van der Waals surface area contributed by atoms with Gasteiger partial charge in [0.05, 0.1) is 11.8 Å². The minimum Gasteiger partial charge on any atom is -0.367 e. The topological polar surface area (TPSA) is 93.3 Å². The van der Waals surface area contributed by atoms with Gasteiger partial charge in [-0.15, -0.1) is 11.3 Å². The second kappa shape index (κ2) is 12.8. The summed E-state index contributed by atoms with van der Waals surface area (Å²) >= 11 is 1.07. The zero-order chi connectivity index (χ0) is 33.6. The van der Waals surface area contributed by atoms with E-state index in [1.54, 1.807) is 6.07 Å². The van der Waals surface area contributed by atoms with Crippen LogP contribution in [0.2, 0.25) is 0 Å². The Bertz CT molecular complexity index is 1900. The SMILES string of the molecule is C=CC(=O)N1CC2(CCN(CCn3c(C#N)cc4c(C)c(CN5CCC(Nc6ncnc7sc(CC(F)(F)F)cc67)CC5)ccc43)C2)C1. The lowest BCUT2D eigenvalue weighted by atomic mass is 9.79. The van der Waals surface area contributed by atoms with Crippen molar-refractivity contribution in [3.05, 3.63) is 64.9 Å². The van der Waals surface area contributed by atoms with Crippen LogP contribution in [0.1, 0.15) is 41.0 Å². The number of rotatable bonds is 9. The van der Waals surface area contributed by atoms with Gasteiger partial charge in [0.15, 0.2) is 0 Å². The van der Waals surface area contributed by atoms with Gasteiger partial charge in [-0.3, -0.25) is 9.69 Å². The molecule has 3 fully saturated rings. The maximum absolute atomic E-state index is 13.0. The number of thiophene rings is 1. The number of fused-ring (bicyclic) bond motifs is 2. The zero-order valence-corrected chi connectivity index (χ0v) is 27.8. The largest absolute Gasteiger partial charge is 0.393 e. The highest BCUT2D eigenvalue weighted by atomic mass is 32.1. The number of carbonyl (C=O) groups excluding carboxylic acids is 1. The lowest BCUT2D eigenvalue weighted by molar-refractivity contribution is -0.137. The van der Waals surface area contributed by atoms with E-state index in [9.17, 15) is 23.2 Å². The second-order valence-electron chi connectivity index (χ2n) is 13.6. The van der Waals surface area contributed by atoms with Crippen LogP contribution in [0.4, 0.5) is 19.0 Å². The summed E-state index contributed by atoms with van der Waals surface area (Å²) in [5.41, 5.74) is 4.39. The highest BCUT2D eigenvalue weighted by molar-refractivity contribution is 7.18. The van der Waals surface area contributed by atoms with Gasteiger partial charge in [0.1, 0.15) is 28.7 Å². The molecule has 0 aliphatic carbocycles. The van der Waals surface area contributed by atoms with Crippen molar-refractivity contribution < 1.29 is 18.0 Å². The summed E-state index contributed by atoms with van der Waals surface area (Å²) in [5.74, 6) is 0.610. The Morgan fingerprint density at radius 3 is 2.65 bits per heavy atom. The van der Waals surface area contributed by atoms with E-state index in [4.69, 9.17) is 0 Å². The molecule has 7 rings (SSSR count). The molecule has 4 aromatic rings. The van der Waals surface area contributed by atoms with Gasteiger partial charge >= 0.3 is 6.18 Å². The maximum atomic E-state index is 13.0. The molecule has 0 saturated carbocycles. The molecule has 0 radical (unpaired) electrons. The summed E-state index contributed by atoms with van der Waals surface area (Å²) in [6.45, 7) is 13.5. The molecule has 3 saturated heterocycles. The average Bonchev–Trinajstić information content (AvgIpc) is 3.76. The molecule has 1 aromatic carbocycles. The normalized spacial score (nSPS) is 18.9. The van der Waals surface area contributed by atoms with Gasteiger partial charge in [0.25, 0.3) is 0 Å². The van der Waals surface area contributed by atoms with Gasteiger partial charge in [-0.05, 0) is 68.1 Å². The number of nitrogens with one attached hydrogen (secondary N) is 1. The van der Waals surface area contributed by atoms with E-state index in [2.05, 4.69) is 61.4 Å². The maximum Gasteiger partial charge on any atom is 0.393 e. The molecule has 9 nitrogen and oxygen atoms in total. The van der Waals surface area contributed by atoms with Gasteiger partial charge in [-0.1, -0.05) is 12.6 Å². The fraction of sp³-hybridized carbons (Fsp3) is 0.486. The quantitative estimate of drug-likeness (QED) is 0.227. The molecule has 0 atom stereocenters. The fourth-order valence-electron chi connectivity index (χ4n) is 7.77. The van der Waals surface area contributed by atoms with E-state index in [1.165, 1.54) is 23.5 Å². The van der Waals surface area contributed by atoms with Gasteiger partial charge in [0.2, 0.25) is 5.91 Å². The second-order valence-corrected chi connectivity index (χ2v) is 14.8. The van der Waals surface area contributed by atoms with E-state index < -0.39 is 12.6 Å². The molecule has 48 heavy (non-hydrogen) atoms. The standard InChI is InChI=1S/C35H39F3N8OS/c1-3-31(47)45-20-34(21-45)8-11-44(19-34)12-13-46-26(17-39)14-28-23(2)24(4-5-30(28)46)18-43-9-6-25(7-10-43)42-32-29-15-27(16-35(36,37)38)48-33(29)41-22-40-32/h3-5,14-15,22,25H,1,6-13,16,18-21H2,2H3,(H,40,41,42). The van der Waals surface area contributed by atoms with Crippen LogP contribution in [0.25, 0.3) is 21.1 Å². The number of hydrogen-bond acceptors (Lipinski definition) is 8. The van der Waals surface area contributed by atoms with Gasteiger partial charge in [-0.25, -0.2) is 9.97 Å². The van der Waals surface area contributed by atoms with Crippen molar-refractivity contribution in [1.29, 1.82) is 5.26 Å². The van der Waals surface area contributed by atoms with Gasteiger partial charge < -0.3 is 19.7 Å². The van der Waals surface area contributed by atoms with Crippen molar-refractivity contribution in [3.8, 4) is 6.07 Å². The van der Waals surface area contributed by atoms with E-state index in [0.29, 0.717) is 21.7 Å². The first-order valence-electron chi connectivity index (χ1n) is 16.5. The first kappa shape index (κ1) is 32.6. The average molecular weight is 677 g/mol. The predicted molar refractivity (Wildman–Crippen MR) is 181 cm³/mol. The van der Waals surface area contributed by atoms with Crippen LogP contribution in [0, 0.1) is 23.7 Å². The van der Waals surface area contributed by atoms with Crippen LogP contribution in [-0.4, -0.2) is 93.2 Å². The Morgan fingerprint density at radius 1 is 1.12 bits per heavy atom. The third kappa shape index (κ3) is 6.53. The number of nitriles is 1. The summed E-state index contributed by atoms with van der Waals surface area (Å²) < 4.78 is 41.0. The molecule has 0 bridgehead atoms. The predicted octanol–water partition coefficient (Wildman–Crippen LogP) is 5.73. The third-order valence-electron chi connectivity index (χ3n) is 10.4. The number of alkyl halides is 3. The minimum absolute atomic E-state index is 0.0116. The summed E-state index contributed by atoms with van der Waals surface area (Å²) in [6.07, 6.45) is 0.460. The minimum atomic E-state index is -4.26. The third-order valence-corrected chi connectivity index (χ3v) is 11.4. The van der Waals surface area contributed by atoms with Crippen LogP contribution in [-0.2, 0) is 24.3 Å². The number of carbonyl (C=O) groups is 1. The summed E-state index contributed by atoms with van der Waals surface area (Å²) in [5, 5.41) is 15.2. The number of benzene rings is 1. The molecule has 0 unspecified atom stereocenters. The van der Waals surface area contributed by atoms with Crippen LogP contribution in [0.15, 0.2) is 43.2 Å². The Kier molecular flexibility index (Phi) is 8.68. The molecule has 1 spiro atoms. The summed E-state index contributed by atoms with van der Waals surface area (Å²) in [7, 11) is 0. The number of nitrogens with zero attached hydrogens (tertiary/aromatic N) is 7. The number of aryl methyl sites for hydroxylation is 1. The zero-order valence-electron chi connectivity index (χ0n) is 27.0.